The lowest BCUT2D eigenvalue weighted by Gasteiger charge is -2.09. The van der Waals surface area contributed by atoms with Gasteiger partial charge in [0.25, 0.3) is 5.91 Å². The van der Waals surface area contributed by atoms with Crippen molar-refractivity contribution in [3.63, 3.8) is 0 Å². The number of ether oxygens (including phenoxy) is 1. The minimum Gasteiger partial charge on any atom is -0.448 e. The van der Waals surface area contributed by atoms with E-state index in [4.69, 9.17) is 11.6 Å². The number of nitrogens with zero attached hydrogens (tertiary/aromatic N) is 1. The number of nitrogen functional groups attached to an aromatic ring is 1. The average molecular weight is 253 g/mol. The second kappa shape index (κ2) is 6.40. The third-order valence-electron chi connectivity index (χ3n) is 2.07. The topological polar surface area (TPSA) is 132 Å². The van der Waals surface area contributed by atoms with Crippen molar-refractivity contribution in [2.45, 2.75) is 6.92 Å². The molecule has 8 heteroatoms. The van der Waals surface area contributed by atoms with Gasteiger partial charge in [0, 0.05) is 11.9 Å². The van der Waals surface area contributed by atoms with Crippen molar-refractivity contribution in [2.24, 2.45) is 11.6 Å². The third kappa shape index (κ3) is 3.91. The van der Waals surface area contributed by atoms with Gasteiger partial charge in [0.2, 0.25) is 0 Å². The lowest BCUT2D eigenvalue weighted by molar-refractivity contribution is 0.0937. The first-order valence-electron chi connectivity index (χ1n) is 5.18. The number of carbonyl (C=O) groups is 2. The van der Waals surface area contributed by atoms with E-state index in [9.17, 15) is 9.59 Å². The molecular formula is C10H15N5O3. The standard InChI is InChI=1S/C10H15N5O3/c1-6-4-8(15-12)7(5-14-6)9(16)13-2-3-18-10(11)17/h4-5H,2-3,12H2,1H3,(H2,11,17)(H,13,16)(H,14,15). The molecule has 0 fully saturated rings. The number of aromatic nitrogens is 1. The van der Waals surface area contributed by atoms with Crippen molar-refractivity contribution in [1.82, 2.24) is 10.3 Å². The lowest BCUT2D eigenvalue weighted by atomic mass is 10.2. The maximum atomic E-state index is 11.8. The summed E-state index contributed by atoms with van der Waals surface area (Å²) in [5.74, 6) is 4.94. The second-order valence-corrected chi connectivity index (χ2v) is 3.44. The van der Waals surface area contributed by atoms with Crippen molar-refractivity contribution in [3.05, 3.63) is 23.5 Å². The highest BCUT2D eigenvalue weighted by molar-refractivity contribution is 5.99. The van der Waals surface area contributed by atoms with Crippen molar-refractivity contribution in [1.29, 1.82) is 0 Å². The molecule has 0 radical (unpaired) electrons. The predicted molar refractivity (Wildman–Crippen MR) is 64.7 cm³/mol. The number of amides is 2. The molecule has 0 saturated carbocycles. The molecule has 0 unspecified atom stereocenters. The molecule has 1 aromatic heterocycles. The average Bonchev–Trinajstić information content (AvgIpc) is 2.33. The molecule has 0 aliphatic carbocycles. The summed E-state index contributed by atoms with van der Waals surface area (Å²) in [4.78, 5) is 26.1. The van der Waals surface area contributed by atoms with Crippen LogP contribution in [-0.2, 0) is 4.74 Å². The molecule has 1 rings (SSSR count). The quantitative estimate of drug-likeness (QED) is 0.318. The van der Waals surface area contributed by atoms with Gasteiger partial charge in [0.1, 0.15) is 6.61 Å². The molecule has 0 spiro atoms. The molecule has 0 bridgehead atoms. The predicted octanol–water partition coefficient (Wildman–Crippen LogP) is -0.499. The minimum atomic E-state index is -0.884. The van der Waals surface area contributed by atoms with Gasteiger partial charge in [-0.1, -0.05) is 0 Å². The number of aryl methyl sites for hydroxylation is 1. The van der Waals surface area contributed by atoms with E-state index in [1.807, 2.05) is 0 Å². The Morgan fingerprint density at radius 3 is 2.83 bits per heavy atom. The van der Waals surface area contributed by atoms with Crippen LogP contribution in [0.4, 0.5) is 10.5 Å². The number of carbonyl (C=O) groups excluding carboxylic acids is 2. The van der Waals surface area contributed by atoms with Crippen LogP contribution in [0.25, 0.3) is 0 Å². The molecule has 2 amide bonds. The number of primary amides is 1. The summed E-state index contributed by atoms with van der Waals surface area (Å²) in [5, 5.41) is 2.54. The summed E-state index contributed by atoms with van der Waals surface area (Å²) in [6.07, 6.45) is 0.528. The maximum absolute atomic E-state index is 11.8. The normalized spacial score (nSPS) is 9.67. The van der Waals surface area contributed by atoms with Gasteiger partial charge in [0.15, 0.2) is 0 Å². The summed E-state index contributed by atoms with van der Waals surface area (Å²) in [5.41, 5.74) is 8.70. The molecular weight excluding hydrogens is 238 g/mol. The van der Waals surface area contributed by atoms with Gasteiger partial charge >= 0.3 is 6.09 Å². The number of anilines is 1. The van der Waals surface area contributed by atoms with E-state index >= 15 is 0 Å². The Morgan fingerprint density at radius 2 is 2.22 bits per heavy atom. The highest BCUT2D eigenvalue weighted by atomic mass is 16.5. The van der Waals surface area contributed by atoms with E-state index in [0.717, 1.165) is 5.69 Å². The molecule has 0 aliphatic rings. The van der Waals surface area contributed by atoms with Crippen LogP contribution in [0.1, 0.15) is 16.1 Å². The monoisotopic (exact) mass is 253 g/mol. The first kappa shape index (κ1) is 13.7. The zero-order valence-electron chi connectivity index (χ0n) is 9.90. The molecule has 8 nitrogen and oxygen atoms in total. The van der Waals surface area contributed by atoms with E-state index in [2.05, 4.69) is 20.5 Å². The van der Waals surface area contributed by atoms with E-state index < -0.39 is 6.09 Å². The van der Waals surface area contributed by atoms with Gasteiger partial charge < -0.3 is 21.2 Å². The Labute approximate surface area is 104 Å². The van der Waals surface area contributed by atoms with E-state index in [-0.39, 0.29) is 19.1 Å². The molecule has 0 aliphatic heterocycles. The summed E-state index contributed by atoms with van der Waals surface area (Å²) in [6.45, 7) is 1.94. The Balaban J connectivity index is 2.58. The highest BCUT2D eigenvalue weighted by Gasteiger charge is 2.11. The van der Waals surface area contributed by atoms with Crippen LogP contribution in [0, 0.1) is 6.92 Å². The first-order valence-corrected chi connectivity index (χ1v) is 5.18. The van der Waals surface area contributed by atoms with Crippen LogP contribution in [0.5, 0.6) is 0 Å². The third-order valence-corrected chi connectivity index (χ3v) is 2.07. The van der Waals surface area contributed by atoms with Gasteiger partial charge in [-0.25, -0.2) is 4.79 Å². The number of nitrogens with two attached hydrogens (primary N) is 2. The fourth-order valence-corrected chi connectivity index (χ4v) is 1.27. The van der Waals surface area contributed by atoms with Crippen LogP contribution in [-0.4, -0.2) is 30.1 Å². The van der Waals surface area contributed by atoms with Gasteiger partial charge in [-0.3, -0.25) is 15.6 Å². The van der Waals surface area contributed by atoms with Crippen LogP contribution in [0.3, 0.4) is 0 Å². The van der Waals surface area contributed by atoms with Gasteiger partial charge in [-0.15, -0.1) is 0 Å². The Hall–Kier alpha value is -2.35. The molecule has 1 aromatic rings. The Morgan fingerprint density at radius 1 is 1.50 bits per heavy atom. The largest absolute Gasteiger partial charge is 0.448 e. The molecule has 0 saturated heterocycles. The number of rotatable bonds is 5. The number of hydrogen-bond donors (Lipinski definition) is 4. The summed E-state index contributed by atoms with van der Waals surface area (Å²) < 4.78 is 4.47. The fourth-order valence-electron chi connectivity index (χ4n) is 1.27. The maximum Gasteiger partial charge on any atom is 0.404 e. The Kier molecular flexibility index (Phi) is 4.88. The van der Waals surface area contributed by atoms with Crippen molar-refractivity contribution in [3.8, 4) is 0 Å². The van der Waals surface area contributed by atoms with Crippen molar-refractivity contribution in [2.75, 3.05) is 18.6 Å². The Bertz CT molecular complexity index is 449. The van der Waals surface area contributed by atoms with E-state index in [0.29, 0.717) is 11.3 Å². The van der Waals surface area contributed by atoms with Crippen LogP contribution >= 0.6 is 0 Å². The van der Waals surface area contributed by atoms with Crippen molar-refractivity contribution >= 4 is 17.7 Å². The summed E-state index contributed by atoms with van der Waals surface area (Å²) >= 11 is 0. The molecule has 98 valence electrons. The molecule has 1 heterocycles. The summed E-state index contributed by atoms with van der Waals surface area (Å²) in [7, 11) is 0. The summed E-state index contributed by atoms with van der Waals surface area (Å²) in [6, 6.07) is 1.65. The number of nitrogens with one attached hydrogen (secondary N) is 2. The van der Waals surface area contributed by atoms with Crippen LogP contribution in [0.2, 0.25) is 0 Å². The van der Waals surface area contributed by atoms with Crippen molar-refractivity contribution < 1.29 is 14.3 Å². The number of pyridine rings is 1. The highest BCUT2D eigenvalue weighted by Crippen LogP contribution is 2.13. The van der Waals surface area contributed by atoms with Gasteiger partial charge in [-0.05, 0) is 13.0 Å². The zero-order chi connectivity index (χ0) is 13.5. The minimum absolute atomic E-state index is 0.00570. The molecule has 18 heavy (non-hydrogen) atoms. The van der Waals surface area contributed by atoms with Crippen LogP contribution in [0.15, 0.2) is 12.3 Å². The number of hydrogen-bond acceptors (Lipinski definition) is 6. The zero-order valence-corrected chi connectivity index (χ0v) is 9.90. The second-order valence-electron chi connectivity index (χ2n) is 3.44. The molecule has 6 N–H and O–H groups in total. The molecule has 0 atom stereocenters. The lowest BCUT2D eigenvalue weighted by Crippen LogP contribution is -2.30. The SMILES string of the molecule is Cc1cc(NN)c(C(=O)NCCOC(N)=O)cn1. The van der Waals surface area contributed by atoms with E-state index in [1.165, 1.54) is 6.20 Å². The van der Waals surface area contributed by atoms with Gasteiger partial charge in [-0.2, -0.15) is 0 Å². The van der Waals surface area contributed by atoms with Crippen LogP contribution < -0.4 is 22.3 Å². The molecule has 0 aromatic carbocycles. The first-order chi connectivity index (χ1) is 8.54. The van der Waals surface area contributed by atoms with E-state index in [1.54, 1.807) is 13.0 Å². The fraction of sp³-hybridized carbons (Fsp3) is 0.300. The number of hydrazine groups is 1. The van der Waals surface area contributed by atoms with Gasteiger partial charge in [0.05, 0.1) is 17.8 Å². The smallest absolute Gasteiger partial charge is 0.404 e.